The largest absolute Gasteiger partial charge is 0.346 e. The Morgan fingerprint density at radius 3 is 2.42 bits per heavy atom. The van der Waals surface area contributed by atoms with Crippen LogP contribution in [0.1, 0.15) is 45.9 Å². The minimum absolute atomic E-state index is 0.192. The Bertz CT molecular complexity index is 506. The smallest absolute Gasteiger partial charge is 0.242 e. The molecule has 6 heteroatoms. The van der Waals surface area contributed by atoms with Crippen molar-refractivity contribution in [3.05, 3.63) is 18.0 Å². The molecule has 1 unspecified atom stereocenters. The topological polar surface area (TPSA) is 77.1 Å². The molecule has 1 rings (SSSR count). The molecule has 1 aromatic heterocycles. The number of sulfonamides is 1. The number of hydrogen-bond donors (Lipinski definition) is 2. The van der Waals surface area contributed by atoms with Crippen LogP contribution in [0.4, 0.5) is 0 Å². The van der Waals surface area contributed by atoms with Crippen LogP contribution in [-0.4, -0.2) is 19.5 Å². The van der Waals surface area contributed by atoms with Crippen molar-refractivity contribution in [3.63, 3.8) is 0 Å². The molecular weight excluding hydrogens is 262 g/mol. The van der Waals surface area contributed by atoms with Crippen molar-refractivity contribution in [1.82, 2.24) is 9.29 Å². The summed E-state index contributed by atoms with van der Waals surface area (Å²) in [7, 11) is -3.44. The Morgan fingerprint density at radius 2 is 2.00 bits per heavy atom. The van der Waals surface area contributed by atoms with E-state index in [0.717, 1.165) is 12.1 Å². The molecule has 0 aromatic carbocycles. The molecule has 0 fully saturated rings. The summed E-state index contributed by atoms with van der Waals surface area (Å²) < 4.78 is 28.9. The van der Waals surface area contributed by atoms with E-state index in [2.05, 4.69) is 4.72 Å². The molecule has 0 radical (unpaired) electrons. The van der Waals surface area contributed by atoms with Gasteiger partial charge in [0.25, 0.3) is 0 Å². The van der Waals surface area contributed by atoms with Gasteiger partial charge in [0.05, 0.1) is 4.90 Å². The highest BCUT2D eigenvalue weighted by molar-refractivity contribution is 7.89. The molecule has 0 aliphatic heterocycles. The van der Waals surface area contributed by atoms with Crippen LogP contribution >= 0.6 is 0 Å². The van der Waals surface area contributed by atoms with Crippen LogP contribution in [0.3, 0.4) is 0 Å². The van der Waals surface area contributed by atoms with Gasteiger partial charge in [-0.15, -0.1) is 0 Å². The van der Waals surface area contributed by atoms with Crippen LogP contribution in [0.5, 0.6) is 0 Å². The second-order valence-electron chi connectivity index (χ2n) is 5.24. The maximum absolute atomic E-state index is 12.2. The molecule has 1 heterocycles. The fraction of sp³-hybridized carbons (Fsp3) is 0.692. The molecule has 1 atom stereocenters. The average Bonchev–Trinajstić information content (AvgIpc) is 2.81. The first kappa shape index (κ1) is 16.2. The number of aromatic nitrogens is 1. The van der Waals surface area contributed by atoms with Crippen molar-refractivity contribution in [2.24, 2.45) is 11.7 Å². The predicted octanol–water partition coefficient (Wildman–Crippen LogP) is 1.85. The lowest BCUT2D eigenvalue weighted by Gasteiger charge is -2.11. The van der Waals surface area contributed by atoms with Gasteiger partial charge in [-0.1, -0.05) is 20.3 Å². The summed E-state index contributed by atoms with van der Waals surface area (Å²) >= 11 is 0. The molecule has 3 N–H and O–H groups in total. The lowest BCUT2D eigenvalue weighted by Crippen LogP contribution is -2.28. The van der Waals surface area contributed by atoms with Gasteiger partial charge in [-0.2, -0.15) is 0 Å². The Morgan fingerprint density at radius 1 is 1.37 bits per heavy atom. The SMILES string of the molecule is CCC(C)CNS(=O)(=O)c1cc(CN)n(C(C)C)c1. The first-order valence-corrected chi connectivity index (χ1v) is 8.20. The number of hydrogen-bond acceptors (Lipinski definition) is 3. The predicted molar refractivity (Wildman–Crippen MR) is 77.4 cm³/mol. The minimum atomic E-state index is -3.44. The number of rotatable bonds is 7. The van der Waals surface area contributed by atoms with Gasteiger partial charge in [-0.25, -0.2) is 13.1 Å². The number of nitrogens with one attached hydrogen (secondary N) is 1. The van der Waals surface area contributed by atoms with Gasteiger partial charge >= 0.3 is 0 Å². The molecular formula is C13H25N3O2S. The molecule has 0 amide bonds. The highest BCUT2D eigenvalue weighted by Crippen LogP contribution is 2.18. The summed E-state index contributed by atoms with van der Waals surface area (Å²) in [5.41, 5.74) is 6.49. The van der Waals surface area contributed by atoms with E-state index in [0.29, 0.717) is 23.9 Å². The van der Waals surface area contributed by atoms with Crippen LogP contribution in [0.15, 0.2) is 17.2 Å². The number of nitrogens with two attached hydrogens (primary N) is 1. The normalized spacial score (nSPS) is 14.0. The van der Waals surface area contributed by atoms with E-state index >= 15 is 0 Å². The van der Waals surface area contributed by atoms with Crippen LogP contribution < -0.4 is 10.5 Å². The zero-order valence-electron chi connectivity index (χ0n) is 12.2. The molecule has 1 aromatic rings. The van der Waals surface area contributed by atoms with Crippen molar-refractivity contribution < 1.29 is 8.42 Å². The molecule has 0 saturated heterocycles. The fourth-order valence-corrected chi connectivity index (χ4v) is 2.98. The highest BCUT2D eigenvalue weighted by Gasteiger charge is 2.19. The third-order valence-corrected chi connectivity index (χ3v) is 4.69. The first-order valence-electron chi connectivity index (χ1n) is 6.72. The summed E-state index contributed by atoms with van der Waals surface area (Å²) in [4.78, 5) is 0.296. The summed E-state index contributed by atoms with van der Waals surface area (Å²) in [5, 5.41) is 0. The van der Waals surface area contributed by atoms with E-state index < -0.39 is 10.0 Å². The van der Waals surface area contributed by atoms with Gasteiger partial charge in [-0.05, 0) is 25.8 Å². The molecule has 19 heavy (non-hydrogen) atoms. The molecule has 0 aliphatic carbocycles. The van der Waals surface area contributed by atoms with Crippen LogP contribution in [0, 0.1) is 5.92 Å². The van der Waals surface area contributed by atoms with Crippen molar-refractivity contribution in [3.8, 4) is 0 Å². The molecule has 0 bridgehead atoms. The van der Waals surface area contributed by atoms with Crippen molar-refractivity contribution in [2.45, 2.75) is 51.6 Å². The van der Waals surface area contributed by atoms with Gasteiger partial charge in [-0.3, -0.25) is 0 Å². The van der Waals surface area contributed by atoms with E-state index in [-0.39, 0.29) is 6.04 Å². The lowest BCUT2D eigenvalue weighted by atomic mass is 10.1. The van der Waals surface area contributed by atoms with E-state index in [4.69, 9.17) is 5.73 Å². The van der Waals surface area contributed by atoms with Gasteiger partial charge in [0, 0.05) is 31.0 Å². The summed E-state index contributed by atoms with van der Waals surface area (Å²) in [5.74, 6) is 0.330. The average molecular weight is 287 g/mol. The molecule has 5 nitrogen and oxygen atoms in total. The molecule has 0 aliphatic rings. The van der Waals surface area contributed by atoms with E-state index in [1.54, 1.807) is 12.3 Å². The first-order chi connectivity index (χ1) is 8.81. The van der Waals surface area contributed by atoms with Crippen LogP contribution in [0.25, 0.3) is 0 Å². The maximum Gasteiger partial charge on any atom is 0.242 e. The fourth-order valence-electron chi connectivity index (χ4n) is 1.77. The van der Waals surface area contributed by atoms with Gasteiger partial charge in [0.2, 0.25) is 10.0 Å². The van der Waals surface area contributed by atoms with Gasteiger partial charge in [0.15, 0.2) is 0 Å². The van der Waals surface area contributed by atoms with Crippen LogP contribution in [0.2, 0.25) is 0 Å². The zero-order valence-corrected chi connectivity index (χ0v) is 13.0. The molecule has 0 saturated carbocycles. The Labute approximate surface area is 116 Å². The van der Waals surface area contributed by atoms with E-state index in [1.165, 1.54) is 0 Å². The maximum atomic E-state index is 12.2. The zero-order chi connectivity index (χ0) is 14.6. The summed E-state index contributed by atoms with van der Waals surface area (Å²) in [6.45, 7) is 8.86. The monoisotopic (exact) mass is 287 g/mol. The lowest BCUT2D eigenvalue weighted by molar-refractivity contribution is 0.527. The van der Waals surface area contributed by atoms with Crippen LogP contribution in [-0.2, 0) is 16.6 Å². The Kier molecular flexibility index (Phi) is 5.58. The Hall–Kier alpha value is -0.850. The highest BCUT2D eigenvalue weighted by atomic mass is 32.2. The van der Waals surface area contributed by atoms with Gasteiger partial charge < -0.3 is 10.3 Å². The van der Waals surface area contributed by atoms with Crippen molar-refractivity contribution in [2.75, 3.05) is 6.54 Å². The third kappa shape index (κ3) is 4.06. The van der Waals surface area contributed by atoms with Crippen molar-refractivity contribution >= 4 is 10.0 Å². The molecule has 110 valence electrons. The minimum Gasteiger partial charge on any atom is -0.346 e. The number of nitrogens with zero attached hydrogens (tertiary/aromatic N) is 1. The quantitative estimate of drug-likeness (QED) is 0.803. The third-order valence-electron chi connectivity index (χ3n) is 3.30. The van der Waals surface area contributed by atoms with E-state index in [9.17, 15) is 8.42 Å². The second kappa shape index (κ2) is 6.54. The summed E-state index contributed by atoms with van der Waals surface area (Å²) in [6, 6.07) is 1.84. The van der Waals surface area contributed by atoms with Gasteiger partial charge in [0.1, 0.15) is 0 Å². The Balaban J connectivity index is 2.95. The standard InChI is InChI=1S/C13H25N3O2S/c1-5-11(4)8-15-19(17,18)13-6-12(7-14)16(9-13)10(2)3/h6,9-11,15H,5,7-8,14H2,1-4H3. The van der Waals surface area contributed by atoms with Crippen molar-refractivity contribution in [1.29, 1.82) is 0 Å². The second-order valence-corrected chi connectivity index (χ2v) is 7.00. The molecule has 0 spiro atoms. The summed E-state index contributed by atoms with van der Waals surface area (Å²) in [6.07, 6.45) is 2.61. The van der Waals surface area contributed by atoms with E-state index in [1.807, 2.05) is 32.3 Å².